The summed E-state index contributed by atoms with van der Waals surface area (Å²) >= 11 is 0. The van der Waals surface area contributed by atoms with Crippen LogP contribution in [0.15, 0.2) is 29.3 Å². The van der Waals surface area contributed by atoms with E-state index < -0.39 is 0 Å². The van der Waals surface area contributed by atoms with E-state index >= 15 is 0 Å². The average molecular weight is 463 g/mol. The van der Waals surface area contributed by atoms with E-state index in [4.69, 9.17) is 14.2 Å². The Kier molecular flexibility index (Phi) is 11.6. The molecular formula is C18H30IN3O3. The SMILES string of the molecule is CN=C(NCCCCOCCOC)NCC1Cc2ccccc2O1.I. The van der Waals surface area contributed by atoms with Crippen LogP contribution in [0.4, 0.5) is 0 Å². The highest BCUT2D eigenvalue weighted by Crippen LogP contribution is 2.27. The van der Waals surface area contributed by atoms with E-state index in [1.165, 1.54) is 5.56 Å². The highest BCUT2D eigenvalue weighted by atomic mass is 127. The van der Waals surface area contributed by atoms with Crippen LogP contribution < -0.4 is 15.4 Å². The maximum absolute atomic E-state index is 5.92. The van der Waals surface area contributed by atoms with Gasteiger partial charge in [-0.3, -0.25) is 4.99 Å². The van der Waals surface area contributed by atoms with E-state index in [9.17, 15) is 0 Å². The van der Waals surface area contributed by atoms with Crippen molar-refractivity contribution in [2.45, 2.75) is 25.4 Å². The zero-order valence-corrected chi connectivity index (χ0v) is 17.5. The lowest BCUT2D eigenvalue weighted by molar-refractivity contribution is 0.0689. The molecule has 1 aromatic rings. The van der Waals surface area contributed by atoms with Crippen molar-refractivity contribution in [3.8, 4) is 5.75 Å². The molecule has 0 saturated heterocycles. The van der Waals surface area contributed by atoms with Gasteiger partial charge in [0.15, 0.2) is 5.96 Å². The molecule has 25 heavy (non-hydrogen) atoms. The fraction of sp³-hybridized carbons (Fsp3) is 0.611. The molecule has 1 unspecified atom stereocenters. The highest BCUT2D eigenvalue weighted by molar-refractivity contribution is 14.0. The first kappa shape index (κ1) is 22.0. The molecule has 2 rings (SSSR count). The number of unbranched alkanes of at least 4 members (excludes halogenated alkanes) is 1. The van der Waals surface area contributed by atoms with Crippen molar-refractivity contribution in [1.29, 1.82) is 0 Å². The van der Waals surface area contributed by atoms with Crippen molar-refractivity contribution >= 4 is 29.9 Å². The molecule has 0 amide bonds. The number of guanidine groups is 1. The fourth-order valence-corrected chi connectivity index (χ4v) is 2.58. The zero-order chi connectivity index (χ0) is 17.0. The number of nitrogens with zero attached hydrogens (tertiary/aromatic N) is 1. The normalized spacial score (nSPS) is 15.9. The molecule has 1 atom stereocenters. The van der Waals surface area contributed by atoms with Crippen LogP contribution in [0.3, 0.4) is 0 Å². The molecule has 0 aromatic heterocycles. The molecule has 0 bridgehead atoms. The lowest BCUT2D eigenvalue weighted by Crippen LogP contribution is -2.42. The average Bonchev–Trinajstić information content (AvgIpc) is 3.02. The van der Waals surface area contributed by atoms with Crippen LogP contribution in [0.2, 0.25) is 0 Å². The van der Waals surface area contributed by atoms with Crippen molar-refractivity contribution in [3.05, 3.63) is 29.8 Å². The van der Waals surface area contributed by atoms with Gasteiger partial charge in [-0.05, 0) is 24.5 Å². The number of nitrogens with one attached hydrogen (secondary N) is 2. The third-order valence-corrected chi connectivity index (χ3v) is 3.87. The number of hydrogen-bond donors (Lipinski definition) is 2. The quantitative estimate of drug-likeness (QED) is 0.241. The summed E-state index contributed by atoms with van der Waals surface area (Å²) < 4.78 is 16.3. The van der Waals surface area contributed by atoms with Gasteiger partial charge < -0.3 is 24.8 Å². The van der Waals surface area contributed by atoms with Crippen LogP contribution in [0, 0.1) is 0 Å². The monoisotopic (exact) mass is 463 g/mol. The van der Waals surface area contributed by atoms with Gasteiger partial charge >= 0.3 is 0 Å². The number of halogens is 1. The second-order valence-corrected chi connectivity index (χ2v) is 5.74. The number of para-hydroxylation sites is 1. The molecule has 0 saturated carbocycles. The van der Waals surface area contributed by atoms with Crippen molar-refractivity contribution in [2.24, 2.45) is 4.99 Å². The first-order valence-corrected chi connectivity index (χ1v) is 8.59. The molecule has 0 fully saturated rings. The summed E-state index contributed by atoms with van der Waals surface area (Å²) in [6.07, 6.45) is 3.17. The Morgan fingerprint density at radius 1 is 1.20 bits per heavy atom. The van der Waals surface area contributed by atoms with E-state index in [0.717, 1.165) is 50.7 Å². The minimum absolute atomic E-state index is 0. The van der Waals surface area contributed by atoms with E-state index in [2.05, 4.69) is 27.8 Å². The Balaban J connectivity index is 0.00000312. The van der Waals surface area contributed by atoms with Crippen LogP contribution in [-0.4, -0.2) is 59.1 Å². The highest BCUT2D eigenvalue weighted by Gasteiger charge is 2.22. The van der Waals surface area contributed by atoms with Gasteiger partial charge in [0.1, 0.15) is 11.9 Å². The number of benzene rings is 1. The fourth-order valence-electron chi connectivity index (χ4n) is 2.58. The topological polar surface area (TPSA) is 64.1 Å². The molecule has 1 aromatic carbocycles. The smallest absolute Gasteiger partial charge is 0.191 e. The Hall–Kier alpha value is -1.06. The van der Waals surface area contributed by atoms with Crippen LogP contribution in [0.5, 0.6) is 5.75 Å². The van der Waals surface area contributed by atoms with Gasteiger partial charge in [-0.15, -0.1) is 24.0 Å². The number of hydrogen-bond acceptors (Lipinski definition) is 4. The first-order chi connectivity index (χ1) is 11.8. The van der Waals surface area contributed by atoms with E-state index in [1.807, 2.05) is 12.1 Å². The molecule has 142 valence electrons. The van der Waals surface area contributed by atoms with E-state index in [0.29, 0.717) is 13.2 Å². The van der Waals surface area contributed by atoms with E-state index in [1.54, 1.807) is 14.2 Å². The van der Waals surface area contributed by atoms with Crippen molar-refractivity contribution in [2.75, 3.05) is 47.1 Å². The molecule has 7 heteroatoms. The van der Waals surface area contributed by atoms with Gasteiger partial charge in [0, 0.05) is 33.7 Å². The van der Waals surface area contributed by atoms with Crippen LogP contribution in [-0.2, 0) is 15.9 Å². The van der Waals surface area contributed by atoms with Gasteiger partial charge in [0.05, 0.1) is 19.8 Å². The summed E-state index contributed by atoms with van der Waals surface area (Å²) in [6, 6.07) is 8.21. The second kappa shape index (κ2) is 13.2. The molecule has 0 aliphatic carbocycles. The van der Waals surface area contributed by atoms with Crippen molar-refractivity contribution < 1.29 is 14.2 Å². The van der Waals surface area contributed by atoms with Gasteiger partial charge in [0.2, 0.25) is 0 Å². The maximum atomic E-state index is 5.92. The standard InChI is InChI=1S/C18H29N3O3.HI/c1-19-18(20-9-5-6-10-23-12-11-22-2)21-14-16-13-15-7-3-4-8-17(15)24-16;/h3-4,7-8,16H,5-6,9-14H2,1-2H3,(H2,19,20,21);1H. The van der Waals surface area contributed by atoms with Crippen molar-refractivity contribution in [1.82, 2.24) is 10.6 Å². The summed E-state index contributed by atoms with van der Waals surface area (Å²) in [4.78, 5) is 4.25. The largest absolute Gasteiger partial charge is 0.488 e. The molecular weight excluding hydrogens is 433 g/mol. The summed E-state index contributed by atoms with van der Waals surface area (Å²) in [5, 5.41) is 6.65. The maximum Gasteiger partial charge on any atom is 0.191 e. The predicted molar refractivity (Wildman–Crippen MR) is 111 cm³/mol. The number of fused-ring (bicyclic) bond motifs is 1. The number of rotatable bonds is 10. The Morgan fingerprint density at radius 2 is 2.04 bits per heavy atom. The molecule has 0 radical (unpaired) electrons. The van der Waals surface area contributed by atoms with Gasteiger partial charge in [0.25, 0.3) is 0 Å². The molecule has 1 aliphatic rings. The van der Waals surface area contributed by atoms with E-state index in [-0.39, 0.29) is 30.1 Å². The Labute approximate surface area is 167 Å². The minimum atomic E-state index is 0. The molecule has 0 spiro atoms. The van der Waals surface area contributed by atoms with Gasteiger partial charge in [-0.2, -0.15) is 0 Å². The lowest BCUT2D eigenvalue weighted by atomic mass is 10.1. The Morgan fingerprint density at radius 3 is 2.80 bits per heavy atom. The molecule has 2 N–H and O–H groups in total. The third-order valence-electron chi connectivity index (χ3n) is 3.87. The number of methoxy groups -OCH3 is 1. The van der Waals surface area contributed by atoms with Gasteiger partial charge in [-0.25, -0.2) is 0 Å². The van der Waals surface area contributed by atoms with Crippen LogP contribution in [0.1, 0.15) is 18.4 Å². The molecule has 1 heterocycles. The lowest BCUT2D eigenvalue weighted by Gasteiger charge is -2.15. The van der Waals surface area contributed by atoms with Gasteiger partial charge in [-0.1, -0.05) is 18.2 Å². The zero-order valence-electron chi connectivity index (χ0n) is 15.1. The van der Waals surface area contributed by atoms with Crippen LogP contribution >= 0.6 is 24.0 Å². The number of aliphatic imine (C=N–C) groups is 1. The third kappa shape index (κ3) is 8.24. The van der Waals surface area contributed by atoms with Crippen LogP contribution in [0.25, 0.3) is 0 Å². The van der Waals surface area contributed by atoms with Crippen molar-refractivity contribution in [3.63, 3.8) is 0 Å². The summed E-state index contributed by atoms with van der Waals surface area (Å²) in [5.41, 5.74) is 1.28. The minimum Gasteiger partial charge on any atom is -0.488 e. The first-order valence-electron chi connectivity index (χ1n) is 8.59. The second-order valence-electron chi connectivity index (χ2n) is 5.74. The summed E-state index contributed by atoms with van der Waals surface area (Å²) in [5.74, 6) is 1.82. The summed E-state index contributed by atoms with van der Waals surface area (Å²) in [6.45, 7) is 3.71. The molecule has 1 aliphatic heterocycles. The Bertz CT molecular complexity index is 489. The number of ether oxygens (including phenoxy) is 3. The molecule has 6 nitrogen and oxygen atoms in total. The predicted octanol–water partition coefficient (Wildman–Crippen LogP) is 2.22. The summed E-state index contributed by atoms with van der Waals surface area (Å²) in [7, 11) is 3.47.